The first kappa shape index (κ1) is 40.2. The van der Waals surface area contributed by atoms with Gasteiger partial charge in [-0.3, -0.25) is 4.99 Å². The number of amidine groups is 1. The van der Waals surface area contributed by atoms with Crippen molar-refractivity contribution in [2.45, 2.75) is 97.6 Å². The van der Waals surface area contributed by atoms with E-state index in [0.717, 1.165) is 47.2 Å². The van der Waals surface area contributed by atoms with Crippen molar-refractivity contribution in [3.63, 3.8) is 0 Å². The molecule has 2 atom stereocenters. The molecule has 308 valence electrons. The minimum Gasteiger partial charge on any atom is -0.506 e. The Morgan fingerprint density at radius 3 is 1.92 bits per heavy atom. The number of phenolic OH excluding ortho intramolecular Hbond substituents is 1. The minimum atomic E-state index is -0.106. The van der Waals surface area contributed by atoms with E-state index >= 15 is 0 Å². The lowest BCUT2D eigenvalue weighted by Crippen LogP contribution is -2.44. The van der Waals surface area contributed by atoms with E-state index in [4.69, 9.17) is 14.7 Å². The average molecular weight is 804 g/mol. The number of aromatic hydroxyl groups is 1. The van der Waals surface area contributed by atoms with Gasteiger partial charge in [-0.1, -0.05) is 152 Å². The largest absolute Gasteiger partial charge is 0.506 e. The number of pyridine rings is 1. The first-order chi connectivity index (χ1) is 29.3. The summed E-state index contributed by atoms with van der Waals surface area (Å²) in [5, 5.41) is 12.0. The molecule has 2 aliphatic rings. The summed E-state index contributed by atoms with van der Waals surface area (Å²) in [4.78, 5) is 13.3. The second-order valence-electron chi connectivity index (χ2n) is 19.1. The Labute approximate surface area is 361 Å². The minimum absolute atomic E-state index is 0.0101. The maximum absolute atomic E-state index is 11.2. The molecule has 1 saturated carbocycles. The van der Waals surface area contributed by atoms with Gasteiger partial charge in [0, 0.05) is 28.1 Å². The SMILES string of the molecule is CC(C)c1cc(Oc2ccc3cc(C(C)(C)C)cc(O)c3n2)cc(C2=N[C@@H]3[C@@H](CCCCC3(C)C)N2c2c(-c3ccccc3)cc(-c3ccccc3)cc2-c2ccccc2)c1. The second kappa shape index (κ2) is 16.0. The molecule has 0 amide bonds. The summed E-state index contributed by atoms with van der Waals surface area (Å²) in [7, 11) is 0. The second-order valence-corrected chi connectivity index (χ2v) is 19.1. The summed E-state index contributed by atoms with van der Waals surface area (Å²) >= 11 is 0. The quantitative estimate of drug-likeness (QED) is 0.166. The molecule has 1 fully saturated rings. The van der Waals surface area contributed by atoms with Crippen LogP contribution >= 0.6 is 0 Å². The summed E-state index contributed by atoms with van der Waals surface area (Å²) in [6, 6.07) is 51.9. The molecular weight excluding hydrogens is 747 g/mol. The van der Waals surface area contributed by atoms with Crippen LogP contribution in [-0.4, -0.2) is 28.0 Å². The van der Waals surface area contributed by atoms with Crippen molar-refractivity contribution in [1.82, 2.24) is 4.98 Å². The normalized spacial score (nSPS) is 17.6. The highest BCUT2D eigenvalue weighted by Gasteiger charge is 2.47. The summed E-state index contributed by atoms with van der Waals surface area (Å²) in [5.41, 5.74) is 11.9. The van der Waals surface area contributed by atoms with Gasteiger partial charge < -0.3 is 14.7 Å². The fraction of sp³-hybridized carbons (Fsp3) is 0.286. The fourth-order valence-electron chi connectivity index (χ4n) is 9.45. The molecular formula is C56H57N3O2. The molecule has 7 aromatic rings. The molecule has 1 N–H and O–H groups in total. The number of anilines is 1. The number of hydrogen-bond donors (Lipinski definition) is 1. The number of ether oxygens (including phenoxy) is 1. The van der Waals surface area contributed by atoms with E-state index in [1.807, 2.05) is 18.2 Å². The molecule has 6 aromatic carbocycles. The Balaban J connectivity index is 1.25. The number of aromatic nitrogens is 1. The number of phenols is 1. The van der Waals surface area contributed by atoms with Gasteiger partial charge in [-0.05, 0) is 112 Å². The van der Waals surface area contributed by atoms with E-state index in [9.17, 15) is 5.11 Å². The number of aliphatic imine (C=N–C) groups is 1. The Morgan fingerprint density at radius 2 is 1.31 bits per heavy atom. The molecule has 0 saturated heterocycles. The van der Waals surface area contributed by atoms with Crippen LogP contribution < -0.4 is 9.64 Å². The predicted molar refractivity (Wildman–Crippen MR) is 254 cm³/mol. The summed E-state index contributed by atoms with van der Waals surface area (Å²) in [5.74, 6) is 2.48. The van der Waals surface area contributed by atoms with Crippen molar-refractivity contribution in [1.29, 1.82) is 0 Å². The van der Waals surface area contributed by atoms with Gasteiger partial charge in [-0.2, -0.15) is 0 Å². The van der Waals surface area contributed by atoms with E-state index in [1.54, 1.807) is 0 Å². The number of nitrogens with zero attached hydrogens (tertiary/aromatic N) is 3. The number of benzene rings is 6. The van der Waals surface area contributed by atoms with Crippen LogP contribution in [0.1, 0.15) is 96.8 Å². The maximum atomic E-state index is 11.2. The van der Waals surface area contributed by atoms with E-state index in [-0.39, 0.29) is 34.6 Å². The van der Waals surface area contributed by atoms with Crippen molar-refractivity contribution in [3.8, 4) is 50.8 Å². The van der Waals surface area contributed by atoms with Gasteiger partial charge >= 0.3 is 0 Å². The lowest BCUT2D eigenvalue weighted by atomic mass is 9.79. The van der Waals surface area contributed by atoms with E-state index in [0.29, 0.717) is 17.1 Å². The third kappa shape index (κ3) is 7.94. The van der Waals surface area contributed by atoms with Gasteiger partial charge in [0.15, 0.2) is 0 Å². The highest BCUT2D eigenvalue weighted by molar-refractivity contribution is 6.16. The highest BCUT2D eigenvalue weighted by Crippen LogP contribution is 2.50. The van der Waals surface area contributed by atoms with Crippen molar-refractivity contribution >= 4 is 22.4 Å². The Hall–Kier alpha value is -6.20. The Bertz CT molecular complexity index is 2670. The monoisotopic (exact) mass is 803 g/mol. The van der Waals surface area contributed by atoms with Crippen LogP contribution in [0, 0.1) is 5.41 Å². The molecule has 0 spiro atoms. The van der Waals surface area contributed by atoms with Gasteiger partial charge in [0.05, 0.1) is 17.8 Å². The standard InChI is InChI=1S/C56H57N3O2/c1-36(2)41-29-43(32-45(31-41)61-50-27-26-40-30-44(55(3,4)5)35-49(60)51(40)57-50)54-58-53-48(25-17-18-28-56(53,6)7)59(54)52-46(38-21-13-9-14-22-38)33-42(37-19-11-8-12-20-37)34-47(52)39-23-15-10-16-24-39/h8-16,19-24,26-27,29-36,48,53,60H,17-18,25,28H2,1-7H3/t48-,53-/m1/s1. The lowest BCUT2D eigenvalue weighted by molar-refractivity contribution is 0.260. The number of rotatable bonds is 8. The smallest absolute Gasteiger partial charge is 0.219 e. The molecule has 1 aliphatic carbocycles. The molecule has 0 radical (unpaired) electrons. The highest BCUT2D eigenvalue weighted by atomic mass is 16.5. The maximum Gasteiger partial charge on any atom is 0.219 e. The van der Waals surface area contributed by atoms with Crippen molar-refractivity contribution in [2.75, 3.05) is 4.90 Å². The van der Waals surface area contributed by atoms with Crippen molar-refractivity contribution in [3.05, 3.63) is 162 Å². The third-order valence-corrected chi connectivity index (χ3v) is 12.9. The van der Waals surface area contributed by atoms with E-state index in [1.165, 1.54) is 45.5 Å². The lowest BCUT2D eigenvalue weighted by Gasteiger charge is -2.37. The molecule has 5 nitrogen and oxygen atoms in total. The van der Waals surface area contributed by atoms with E-state index in [2.05, 4.69) is 181 Å². The van der Waals surface area contributed by atoms with Crippen LogP contribution in [0.2, 0.25) is 0 Å². The first-order valence-corrected chi connectivity index (χ1v) is 22.0. The van der Waals surface area contributed by atoms with E-state index < -0.39 is 0 Å². The molecule has 0 bridgehead atoms. The van der Waals surface area contributed by atoms with Crippen LogP contribution in [0.15, 0.2) is 151 Å². The van der Waals surface area contributed by atoms with Gasteiger partial charge in [0.25, 0.3) is 0 Å². The Morgan fingerprint density at radius 1 is 0.689 bits per heavy atom. The molecule has 2 heterocycles. The summed E-state index contributed by atoms with van der Waals surface area (Å²) in [6.07, 6.45) is 4.50. The summed E-state index contributed by atoms with van der Waals surface area (Å²) < 4.78 is 6.71. The van der Waals surface area contributed by atoms with Gasteiger partial charge in [-0.15, -0.1) is 0 Å². The van der Waals surface area contributed by atoms with Crippen LogP contribution in [0.3, 0.4) is 0 Å². The van der Waals surface area contributed by atoms with Gasteiger partial charge in [0.2, 0.25) is 5.88 Å². The molecule has 1 aliphatic heterocycles. The third-order valence-electron chi connectivity index (χ3n) is 12.9. The molecule has 5 heteroatoms. The molecule has 0 unspecified atom stereocenters. The van der Waals surface area contributed by atoms with Crippen molar-refractivity contribution < 1.29 is 9.84 Å². The molecule has 9 rings (SSSR count). The zero-order valence-electron chi connectivity index (χ0n) is 36.6. The molecule has 1 aromatic heterocycles. The predicted octanol–water partition coefficient (Wildman–Crippen LogP) is 14.8. The van der Waals surface area contributed by atoms with Crippen LogP contribution in [0.25, 0.3) is 44.3 Å². The number of hydrogen-bond acceptors (Lipinski definition) is 5. The number of fused-ring (bicyclic) bond motifs is 2. The van der Waals surface area contributed by atoms with Gasteiger partial charge in [0.1, 0.15) is 22.9 Å². The zero-order chi connectivity index (χ0) is 42.5. The summed E-state index contributed by atoms with van der Waals surface area (Å²) in [6.45, 7) is 15.7. The fourth-order valence-corrected chi connectivity index (χ4v) is 9.45. The van der Waals surface area contributed by atoms with Crippen molar-refractivity contribution in [2.24, 2.45) is 10.4 Å². The topological polar surface area (TPSA) is 58.0 Å². The Kier molecular flexibility index (Phi) is 10.6. The van der Waals surface area contributed by atoms with Crippen LogP contribution in [0.5, 0.6) is 17.4 Å². The molecule has 61 heavy (non-hydrogen) atoms. The van der Waals surface area contributed by atoms with Gasteiger partial charge in [-0.25, -0.2) is 4.98 Å². The zero-order valence-corrected chi connectivity index (χ0v) is 36.6. The van der Waals surface area contributed by atoms with Crippen LogP contribution in [-0.2, 0) is 5.41 Å². The first-order valence-electron chi connectivity index (χ1n) is 22.0. The average Bonchev–Trinajstić information content (AvgIpc) is 3.58. The van der Waals surface area contributed by atoms with Crippen LogP contribution in [0.4, 0.5) is 5.69 Å².